The third-order valence-corrected chi connectivity index (χ3v) is 3.77. The summed E-state index contributed by atoms with van der Waals surface area (Å²) >= 11 is 0. The molecular formula is C13H23N3. The molecule has 1 fully saturated rings. The number of aromatic nitrogens is 2. The molecule has 0 saturated heterocycles. The number of nitrogens with one attached hydrogen (secondary N) is 1. The van der Waals surface area contributed by atoms with Crippen LogP contribution in [-0.4, -0.2) is 16.3 Å². The minimum absolute atomic E-state index is 0.615. The Hall–Kier alpha value is -0.830. The van der Waals surface area contributed by atoms with Gasteiger partial charge in [-0.1, -0.05) is 19.8 Å². The molecule has 0 aliphatic heterocycles. The summed E-state index contributed by atoms with van der Waals surface area (Å²) in [5, 5.41) is 7.94. The summed E-state index contributed by atoms with van der Waals surface area (Å²) in [6.45, 7) is 4.36. The standard InChI is InChI=1S/C13H23N3/c1-3-6-13(7-4-8-13)11-14-10-12-5-9-16(2)15-12/h5,9,14H,3-4,6-8,10-11H2,1-2H3. The van der Waals surface area contributed by atoms with Crippen LogP contribution in [0.4, 0.5) is 0 Å². The highest BCUT2D eigenvalue weighted by atomic mass is 15.3. The van der Waals surface area contributed by atoms with E-state index in [0.29, 0.717) is 5.41 Å². The number of hydrogen-bond donors (Lipinski definition) is 1. The van der Waals surface area contributed by atoms with Crippen molar-refractivity contribution in [3.63, 3.8) is 0 Å². The smallest absolute Gasteiger partial charge is 0.0762 e. The molecule has 2 rings (SSSR count). The van der Waals surface area contributed by atoms with Crippen LogP contribution < -0.4 is 5.32 Å². The van der Waals surface area contributed by atoms with Crippen LogP contribution in [0, 0.1) is 5.41 Å². The molecule has 3 heteroatoms. The van der Waals surface area contributed by atoms with Crippen molar-refractivity contribution >= 4 is 0 Å². The fourth-order valence-electron chi connectivity index (χ4n) is 2.74. The average Bonchev–Trinajstić information content (AvgIpc) is 2.60. The molecule has 1 aliphatic rings. The van der Waals surface area contributed by atoms with Crippen LogP contribution in [-0.2, 0) is 13.6 Å². The topological polar surface area (TPSA) is 29.9 Å². The van der Waals surface area contributed by atoms with Gasteiger partial charge in [0, 0.05) is 26.3 Å². The molecule has 1 aromatic heterocycles. The van der Waals surface area contributed by atoms with Gasteiger partial charge in [0.2, 0.25) is 0 Å². The van der Waals surface area contributed by atoms with Gasteiger partial charge in [0.05, 0.1) is 5.69 Å². The van der Waals surface area contributed by atoms with Gasteiger partial charge in [-0.2, -0.15) is 5.10 Å². The van der Waals surface area contributed by atoms with Gasteiger partial charge in [-0.05, 0) is 30.7 Å². The fraction of sp³-hybridized carbons (Fsp3) is 0.769. The molecule has 0 atom stereocenters. The van der Waals surface area contributed by atoms with Crippen LogP contribution in [0.1, 0.15) is 44.7 Å². The quantitative estimate of drug-likeness (QED) is 0.800. The Morgan fingerprint density at radius 1 is 1.50 bits per heavy atom. The summed E-state index contributed by atoms with van der Waals surface area (Å²) in [7, 11) is 1.97. The maximum Gasteiger partial charge on any atom is 0.0762 e. The molecule has 0 amide bonds. The van der Waals surface area contributed by atoms with Crippen LogP contribution in [0.15, 0.2) is 12.3 Å². The lowest BCUT2D eigenvalue weighted by Gasteiger charge is -2.42. The molecule has 0 unspecified atom stereocenters. The van der Waals surface area contributed by atoms with Crippen molar-refractivity contribution < 1.29 is 0 Å². The highest BCUT2D eigenvalue weighted by Gasteiger charge is 2.35. The summed E-state index contributed by atoms with van der Waals surface area (Å²) in [5.41, 5.74) is 1.76. The van der Waals surface area contributed by atoms with Gasteiger partial charge in [0.1, 0.15) is 0 Å². The van der Waals surface area contributed by atoms with Crippen LogP contribution >= 0.6 is 0 Å². The van der Waals surface area contributed by atoms with Gasteiger partial charge in [-0.15, -0.1) is 0 Å². The number of rotatable bonds is 6. The Kier molecular flexibility index (Phi) is 3.64. The molecule has 1 heterocycles. The molecule has 0 spiro atoms. The predicted molar refractivity (Wildman–Crippen MR) is 66.1 cm³/mol. The van der Waals surface area contributed by atoms with Gasteiger partial charge in [-0.25, -0.2) is 0 Å². The monoisotopic (exact) mass is 221 g/mol. The van der Waals surface area contributed by atoms with Gasteiger partial charge in [-0.3, -0.25) is 4.68 Å². The van der Waals surface area contributed by atoms with Gasteiger partial charge >= 0.3 is 0 Å². The van der Waals surface area contributed by atoms with Crippen LogP contribution in [0.25, 0.3) is 0 Å². The summed E-state index contributed by atoms with van der Waals surface area (Å²) in [4.78, 5) is 0. The Labute approximate surface area is 98.2 Å². The Balaban J connectivity index is 1.74. The summed E-state index contributed by atoms with van der Waals surface area (Å²) in [6.07, 6.45) is 8.94. The maximum absolute atomic E-state index is 4.37. The summed E-state index contributed by atoms with van der Waals surface area (Å²) in [6, 6.07) is 2.08. The van der Waals surface area contributed by atoms with Gasteiger partial charge < -0.3 is 5.32 Å². The van der Waals surface area contributed by atoms with Crippen molar-refractivity contribution in [3.05, 3.63) is 18.0 Å². The number of aryl methyl sites for hydroxylation is 1. The molecule has 1 saturated carbocycles. The maximum atomic E-state index is 4.37. The van der Waals surface area contributed by atoms with Crippen molar-refractivity contribution in [2.75, 3.05) is 6.54 Å². The minimum atomic E-state index is 0.615. The van der Waals surface area contributed by atoms with Gasteiger partial charge in [0.25, 0.3) is 0 Å². The van der Waals surface area contributed by atoms with E-state index >= 15 is 0 Å². The second kappa shape index (κ2) is 5.00. The van der Waals surface area contributed by atoms with Crippen molar-refractivity contribution in [2.45, 2.75) is 45.6 Å². The lowest BCUT2D eigenvalue weighted by atomic mass is 9.66. The van der Waals surface area contributed by atoms with E-state index in [9.17, 15) is 0 Å². The van der Waals surface area contributed by atoms with Crippen molar-refractivity contribution in [3.8, 4) is 0 Å². The number of nitrogens with zero attached hydrogens (tertiary/aromatic N) is 2. The van der Waals surface area contributed by atoms with E-state index < -0.39 is 0 Å². The van der Waals surface area contributed by atoms with E-state index in [4.69, 9.17) is 0 Å². The molecule has 1 aromatic rings. The van der Waals surface area contributed by atoms with E-state index in [-0.39, 0.29) is 0 Å². The normalized spacial score (nSPS) is 18.4. The van der Waals surface area contributed by atoms with E-state index in [2.05, 4.69) is 23.4 Å². The Morgan fingerprint density at radius 2 is 2.31 bits per heavy atom. The van der Waals surface area contributed by atoms with E-state index in [1.165, 1.54) is 32.1 Å². The highest BCUT2D eigenvalue weighted by molar-refractivity contribution is 4.98. The average molecular weight is 221 g/mol. The minimum Gasteiger partial charge on any atom is -0.311 e. The largest absolute Gasteiger partial charge is 0.311 e. The second-order valence-corrected chi connectivity index (χ2v) is 5.19. The lowest BCUT2D eigenvalue weighted by Crippen LogP contribution is -2.39. The Morgan fingerprint density at radius 3 is 2.81 bits per heavy atom. The molecule has 90 valence electrons. The van der Waals surface area contributed by atoms with Gasteiger partial charge in [0.15, 0.2) is 0 Å². The molecule has 16 heavy (non-hydrogen) atoms. The summed E-state index contributed by atoms with van der Waals surface area (Å²) < 4.78 is 1.86. The second-order valence-electron chi connectivity index (χ2n) is 5.19. The first kappa shape index (κ1) is 11.6. The molecule has 3 nitrogen and oxygen atoms in total. The molecule has 0 aromatic carbocycles. The van der Waals surface area contributed by atoms with Crippen molar-refractivity contribution in [1.29, 1.82) is 0 Å². The first-order chi connectivity index (χ1) is 7.74. The van der Waals surface area contributed by atoms with Crippen LogP contribution in [0.3, 0.4) is 0 Å². The third-order valence-electron chi connectivity index (χ3n) is 3.77. The van der Waals surface area contributed by atoms with E-state index in [0.717, 1.165) is 18.8 Å². The van der Waals surface area contributed by atoms with Crippen molar-refractivity contribution in [2.24, 2.45) is 12.5 Å². The predicted octanol–water partition coefficient (Wildman–Crippen LogP) is 2.48. The lowest BCUT2D eigenvalue weighted by molar-refractivity contribution is 0.115. The molecule has 0 bridgehead atoms. The Bertz CT molecular complexity index is 326. The zero-order valence-electron chi connectivity index (χ0n) is 10.5. The van der Waals surface area contributed by atoms with E-state index in [1.807, 2.05) is 17.9 Å². The highest BCUT2D eigenvalue weighted by Crippen LogP contribution is 2.44. The fourth-order valence-corrected chi connectivity index (χ4v) is 2.74. The molecule has 1 N–H and O–H groups in total. The summed E-state index contributed by atoms with van der Waals surface area (Å²) in [5.74, 6) is 0. The van der Waals surface area contributed by atoms with Crippen LogP contribution in [0.2, 0.25) is 0 Å². The molecule has 1 aliphatic carbocycles. The number of hydrogen-bond acceptors (Lipinski definition) is 2. The molecule has 0 radical (unpaired) electrons. The van der Waals surface area contributed by atoms with E-state index in [1.54, 1.807) is 0 Å². The van der Waals surface area contributed by atoms with Crippen molar-refractivity contribution in [1.82, 2.24) is 15.1 Å². The third kappa shape index (κ3) is 2.64. The zero-order chi connectivity index (χ0) is 11.4. The first-order valence-corrected chi connectivity index (χ1v) is 6.43. The molecular weight excluding hydrogens is 198 g/mol. The first-order valence-electron chi connectivity index (χ1n) is 6.43. The SMILES string of the molecule is CCCC1(CNCc2ccn(C)n2)CCC1. The van der Waals surface area contributed by atoms with Crippen LogP contribution in [0.5, 0.6) is 0 Å². The zero-order valence-corrected chi connectivity index (χ0v) is 10.5.